The van der Waals surface area contributed by atoms with E-state index in [1.165, 1.54) is 19.2 Å². The van der Waals surface area contributed by atoms with Crippen molar-refractivity contribution in [1.82, 2.24) is 0 Å². The molecule has 0 unspecified atom stereocenters. The first kappa shape index (κ1) is 17.9. The third-order valence-electron chi connectivity index (χ3n) is 5.49. The predicted molar refractivity (Wildman–Crippen MR) is 94.6 cm³/mol. The van der Waals surface area contributed by atoms with E-state index in [2.05, 4.69) is 13.8 Å². The molecule has 1 fully saturated rings. The van der Waals surface area contributed by atoms with Gasteiger partial charge in [0.15, 0.2) is 0 Å². The first-order chi connectivity index (χ1) is 11.9. The zero-order chi connectivity index (χ0) is 18.2. The van der Waals surface area contributed by atoms with Gasteiger partial charge in [0.1, 0.15) is 17.4 Å². The Morgan fingerprint density at radius 3 is 2.48 bits per heavy atom. The summed E-state index contributed by atoms with van der Waals surface area (Å²) in [5, 5.41) is 9.48. The number of rotatable bonds is 4. The molecule has 0 aromatic heterocycles. The molecular weight excluding hydrogens is 322 g/mol. The first-order valence-electron chi connectivity index (χ1n) is 8.64. The predicted octanol–water partition coefficient (Wildman–Crippen LogP) is 5.43. The lowest BCUT2D eigenvalue weighted by Crippen LogP contribution is -2.17. The van der Waals surface area contributed by atoms with Crippen molar-refractivity contribution < 1.29 is 18.6 Å². The van der Waals surface area contributed by atoms with E-state index < -0.39 is 11.6 Å². The number of halogens is 2. The molecule has 1 saturated carbocycles. The molecule has 0 radical (unpaired) electrons. The average molecular weight is 346 g/mol. The topological polar surface area (TPSA) is 29.5 Å². The number of hydrogen-bond donors (Lipinski definition) is 1. The second kappa shape index (κ2) is 6.75. The summed E-state index contributed by atoms with van der Waals surface area (Å²) < 4.78 is 34.1. The van der Waals surface area contributed by atoms with Gasteiger partial charge in [-0.1, -0.05) is 20.3 Å². The first-order valence-corrected chi connectivity index (χ1v) is 8.64. The summed E-state index contributed by atoms with van der Waals surface area (Å²) in [5.74, 6) is -0.202. The molecule has 3 rings (SSSR count). The van der Waals surface area contributed by atoms with Crippen molar-refractivity contribution in [3.8, 4) is 16.9 Å². The van der Waals surface area contributed by atoms with E-state index >= 15 is 0 Å². The Labute approximate surface area is 147 Å². The van der Waals surface area contributed by atoms with Gasteiger partial charge in [-0.05, 0) is 65.6 Å². The standard InChI is InChI=1S/C21H24F2O2/c1-21(2)8-4-5-18(21)16-9-13(12-24)20(23)11-15(16)17-10-14(25-3)6-7-19(17)22/h6-7,9-11,18,24H,4-5,8,12H2,1-3H3/t18-/m0/s1. The van der Waals surface area contributed by atoms with E-state index in [4.69, 9.17) is 4.74 Å². The van der Waals surface area contributed by atoms with Crippen LogP contribution in [0.1, 0.15) is 50.2 Å². The largest absolute Gasteiger partial charge is 0.497 e. The van der Waals surface area contributed by atoms with Crippen LogP contribution in [0.25, 0.3) is 11.1 Å². The van der Waals surface area contributed by atoms with Crippen LogP contribution in [0.4, 0.5) is 8.78 Å². The van der Waals surface area contributed by atoms with E-state index in [1.54, 1.807) is 18.2 Å². The van der Waals surface area contributed by atoms with Crippen molar-refractivity contribution in [2.45, 2.75) is 45.6 Å². The minimum Gasteiger partial charge on any atom is -0.497 e. The Morgan fingerprint density at radius 1 is 1.12 bits per heavy atom. The Kier molecular flexibility index (Phi) is 4.83. The molecule has 1 N–H and O–H groups in total. The summed E-state index contributed by atoms with van der Waals surface area (Å²) in [6.45, 7) is 4.02. The Bertz CT molecular complexity index is 784. The maximum absolute atomic E-state index is 14.5. The molecule has 0 amide bonds. The maximum atomic E-state index is 14.5. The third-order valence-corrected chi connectivity index (χ3v) is 5.49. The quantitative estimate of drug-likeness (QED) is 0.800. The van der Waals surface area contributed by atoms with Gasteiger partial charge in [-0.25, -0.2) is 8.78 Å². The molecule has 1 aliphatic rings. The van der Waals surface area contributed by atoms with E-state index in [9.17, 15) is 13.9 Å². The molecule has 2 aromatic carbocycles. The summed E-state index contributed by atoms with van der Waals surface area (Å²) in [5.41, 5.74) is 2.09. The second-order valence-electron chi connectivity index (χ2n) is 7.47. The number of aliphatic hydroxyl groups excluding tert-OH is 1. The van der Waals surface area contributed by atoms with Crippen LogP contribution < -0.4 is 4.74 Å². The number of methoxy groups -OCH3 is 1. The van der Waals surface area contributed by atoms with Crippen molar-refractivity contribution in [2.24, 2.45) is 5.41 Å². The van der Waals surface area contributed by atoms with Crippen molar-refractivity contribution in [2.75, 3.05) is 7.11 Å². The van der Waals surface area contributed by atoms with Crippen LogP contribution in [0.3, 0.4) is 0 Å². The van der Waals surface area contributed by atoms with Crippen molar-refractivity contribution in [3.63, 3.8) is 0 Å². The highest BCUT2D eigenvalue weighted by atomic mass is 19.1. The van der Waals surface area contributed by atoms with Gasteiger partial charge < -0.3 is 9.84 Å². The lowest BCUT2D eigenvalue weighted by molar-refractivity contribution is 0.275. The summed E-state index contributed by atoms with van der Waals surface area (Å²) in [7, 11) is 1.52. The lowest BCUT2D eigenvalue weighted by Gasteiger charge is -2.30. The summed E-state index contributed by atoms with van der Waals surface area (Å²) in [4.78, 5) is 0. The molecule has 0 aliphatic heterocycles. The molecule has 0 spiro atoms. The SMILES string of the molecule is COc1ccc(F)c(-c2cc(F)c(CO)cc2[C@@H]2CCCC2(C)C)c1. The normalized spacial score (nSPS) is 19.2. The Hall–Kier alpha value is -1.94. The maximum Gasteiger partial charge on any atom is 0.131 e. The van der Waals surface area contributed by atoms with Crippen LogP contribution >= 0.6 is 0 Å². The molecule has 1 atom stereocenters. The number of benzene rings is 2. The van der Waals surface area contributed by atoms with Gasteiger partial charge in [0.2, 0.25) is 0 Å². The highest BCUT2D eigenvalue weighted by Crippen LogP contribution is 2.51. The fourth-order valence-electron chi connectivity index (χ4n) is 4.02. The van der Waals surface area contributed by atoms with Gasteiger partial charge in [0, 0.05) is 11.1 Å². The van der Waals surface area contributed by atoms with Crippen LogP contribution in [0.15, 0.2) is 30.3 Å². The lowest BCUT2D eigenvalue weighted by atomic mass is 9.75. The molecule has 4 heteroatoms. The minimum absolute atomic E-state index is 0.0502. The van der Waals surface area contributed by atoms with Gasteiger partial charge in [-0.15, -0.1) is 0 Å². The zero-order valence-corrected chi connectivity index (χ0v) is 14.9. The molecule has 2 nitrogen and oxygen atoms in total. The molecule has 0 bridgehead atoms. The molecule has 134 valence electrons. The van der Waals surface area contributed by atoms with Gasteiger partial charge >= 0.3 is 0 Å². The fourth-order valence-corrected chi connectivity index (χ4v) is 4.02. The minimum atomic E-state index is -0.515. The third kappa shape index (κ3) is 3.28. The van der Waals surface area contributed by atoms with E-state index in [-0.39, 0.29) is 23.5 Å². The summed E-state index contributed by atoms with van der Waals surface area (Å²) in [6, 6.07) is 7.56. The highest BCUT2D eigenvalue weighted by molar-refractivity contribution is 5.71. The van der Waals surface area contributed by atoms with Crippen LogP contribution in [-0.2, 0) is 6.61 Å². The second-order valence-corrected chi connectivity index (χ2v) is 7.47. The molecule has 1 aliphatic carbocycles. The monoisotopic (exact) mass is 346 g/mol. The van der Waals surface area contributed by atoms with Crippen molar-refractivity contribution in [3.05, 3.63) is 53.1 Å². The van der Waals surface area contributed by atoms with Gasteiger partial charge in [0.05, 0.1) is 13.7 Å². The highest BCUT2D eigenvalue weighted by Gasteiger charge is 2.37. The molecule has 25 heavy (non-hydrogen) atoms. The fraction of sp³-hybridized carbons (Fsp3) is 0.429. The molecule has 0 saturated heterocycles. The smallest absolute Gasteiger partial charge is 0.131 e. The Balaban J connectivity index is 2.24. The van der Waals surface area contributed by atoms with E-state index in [0.29, 0.717) is 16.9 Å². The van der Waals surface area contributed by atoms with Crippen LogP contribution in [0.5, 0.6) is 5.75 Å². The van der Waals surface area contributed by atoms with E-state index in [0.717, 1.165) is 24.8 Å². The summed E-state index contributed by atoms with van der Waals surface area (Å²) in [6.07, 6.45) is 3.13. The zero-order valence-electron chi connectivity index (χ0n) is 14.9. The molecule has 2 aromatic rings. The van der Waals surface area contributed by atoms with Crippen molar-refractivity contribution >= 4 is 0 Å². The van der Waals surface area contributed by atoms with Crippen LogP contribution in [0, 0.1) is 17.0 Å². The summed E-state index contributed by atoms with van der Waals surface area (Å²) >= 11 is 0. The molecule has 0 heterocycles. The average Bonchev–Trinajstić information content (AvgIpc) is 2.94. The number of aliphatic hydroxyl groups is 1. The van der Waals surface area contributed by atoms with E-state index in [1.807, 2.05) is 0 Å². The number of ether oxygens (including phenoxy) is 1. The van der Waals surface area contributed by atoms with Crippen LogP contribution in [0.2, 0.25) is 0 Å². The van der Waals surface area contributed by atoms with Crippen molar-refractivity contribution in [1.29, 1.82) is 0 Å². The van der Waals surface area contributed by atoms with Gasteiger partial charge in [-0.2, -0.15) is 0 Å². The molecular formula is C21H24F2O2. The number of hydrogen-bond acceptors (Lipinski definition) is 2. The Morgan fingerprint density at radius 2 is 1.88 bits per heavy atom. The van der Waals surface area contributed by atoms with Gasteiger partial charge in [0.25, 0.3) is 0 Å². The van der Waals surface area contributed by atoms with Crippen LogP contribution in [-0.4, -0.2) is 12.2 Å². The van der Waals surface area contributed by atoms with Gasteiger partial charge in [-0.3, -0.25) is 0 Å².